The highest BCUT2D eigenvalue weighted by molar-refractivity contribution is 7.86. The number of piperidine rings is 2. The van der Waals surface area contributed by atoms with Crippen LogP contribution in [0, 0.1) is 0 Å². The van der Waals surface area contributed by atoms with Crippen LogP contribution >= 0.6 is 0 Å². The lowest BCUT2D eigenvalue weighted by molar-refractivity contribution is -0.939. The second kappa shape index (κ2) is 5.84. The van der Waals surface area contributed by atoms with Gasteiger partial charge in [0.05, 0.1) is 18.0 Å². The number of rotatable bonds is 3. The van der Waals surface area contributed by atoms with E-state index in [2.05, 4.69) is 0 Å². The van der Waals surface area contributed by atoms with Gasteiger partial charge in [0.15, 0.2) is 0 Å². The van der Waals surface area contributed by atoms with Crippen LogP contribution in [0.4, 0.5) is 0 Å². The van der Waals surface area contributed by atoms with E-state index in [1.54, 1.807) is 24.3 Å². The molecule has 1 aromatic rings. The fourth-order valence-corrected chi connectivity index (χ4v) is 4.67. The lowest BCUT2D eigenvalue weighted by Gasteiger charge is -2.40. The van der Waals surface area contributed by atoms with Gasteiger partial charge in [-0.1, -0.05) is 18.2 Å². The Hall–Kier alpha value is -0.910. The zero-order valence-corrected chi connectivity index (χ0v) is 12.4. The van der Waals surface area contributed by atoms with E-state index in [-0.39, 0.29) is 11.0 Å². The molecule has 5 heteroatoms. The molecule has 2 saturated heterocycles. The molecule has 2 aliphatic rings. The highest BCUT2D eigenvalue weighted by Crippen LogP contribution is 2.22. The summed E-state index contributed by atoms with van der Waals surface area (Å²) in [5.74, 6) is 0. The summed E-state index contributed by atoms with van der Waals surface area (Å²) in [6.45, 7) is 2.33. The Morgan fingerprint density at radius 1 is 1.00 bits per heavy atom. The number of hydrogen-bond donors (Lipinski definition) is 1. The van der Waals surface area contributed by atoms with Gasteiger partial charge < -0.3 is 4.90 Å². The molecule has 0 aromatic heterocycles. The lowest BCUT2D eigenvalue weighted by Crippen LogP contribution is -3.18. The van der Waals surface area contributed by atoms with Gasteiger partial charge in [0, 0.05) is 6.42 Å². The van der Waals surface area contributed by atoms with Gasteiger partial charge in [0.25, 0.3) is 10.1 Å². The average Bonchev–Trinajstić information content (AvgIpc) is 2.48. The third kappa shape index (κ3) is 2.90. The van der Waals surface area contributed by atoms with E-state index in [4.69, 9.17) is 4.18 Å². The van der Waals surface area contributed by atoms with E-state index in [1.165, 1.54) is 17.7 Å². The maximum absolute atomic E-state index is 12.3. The van der Waals surface area contributed by atoms with Gasteiger partial charge in [-0.05, 0) is 37.8 Å². The molecule has 0 amide bonds. The number of nitrogens with one attached hydrogen (secondary N) is 1. The first-order valence-corrected chi connectivity index (χ1v) is 8.90. The molecule has 110 valence electrons. The SMILES string of the molecule is O=S(=O)(O[C@@H]1CCC[NH+]2CCCC[C@@H]12)c1ccccc1. The van der Waals surface area contributed by atoms with E-state index < -0.39 is 10.1 Å². The molecule has 0 bridgehead atoms. The van der Waals surface area contributed by atoms with Crippen molar-refractivity contribution in [2.24, 2.45) is 0 Å². The topological polar surface area (TPSA) is 47.8 Å². The first-order chi connectivity index (χ1) is 9.67. The zero-order valence-electron chi connectivity index (χ0n) is 11.6. The van der Waals surface area contributed by atoms with Crippen molar-refractivity contribution in [1.29, 1.82) is 0 Å². The lowest BCUT2D eigenvalue weighted by atomic mass is 9.91. The largest absolute Gasteiger partial charge is 0.330 e. The monoisotopic (exact) mass is 296 g/mol. The van der Waals surface area contributed by atoms with Crippen molar-refractivity contribution in [2.75, 3.05) is 13.1 Å². The van der Waals surface area contributed by atoms with E-state index in [0.717, 1.165) is 32.4 Å². The predicted molar refractivity (Wildman–Crippen MR) is 76.1 cm³/mol. The molecule has 2 heterocycles. The van der Waals surface area contributed by atoms with Gasteiger partial charge in [-0.3, -0.25) is 4.18 Å². The van der Waals surface area contributed by atoms with Gasteiger partial charge in [-0.2, -0.15) is 8.42 Å². The Bertz CT molecular complexity index is 541. The molecule has 3 atom stereocenters. The fraction of sp³-hybridized carbons (Fsp3) is 0.600. The zero-order chi connectivity index (χ0) is 14.0. The van der Waals surface area contributed by atoms with Crippen LogP contribution in [0.3, 0.4) is 0 Å². The smallest absolute Gasteiger partial charge is 0.297 e. The van der Waals surface area contributed by atoms with Crippen molar-refractivity contribution in [3.05, 3.63) is 30.3 Å². The van der Waals surface area contributed by atoms with Crippen molar-refractivity contribution >= 4 is 10.1 Å². The molecule has 0 saturated carbocycles. The quantitative estimate of drug-likeness (QED) is 0.846. The molecule has 1 N–H and O–H groups in total. The van der Waals surface area contributed by atoms with Crippen molar-refractivity contribution < 1.29 is 17.5 Å². The number of hydrogen-bond acceptors (Lipinski definition) is 3. The van der Waals surface area contributed by atoms with Gasteiger partial charge >= 0.3 is 0 Å². The summed E-state index contributed by atoms with van der Waals surface area (Å²) in [6.07, 6.45) is 5.30. The molecular weight excluding hydrogens is 274 g/mol. The van der Waals surface area contributed by atoms with Gasteiger partial charge in [-0.25, -0.2) is 0 Å². The van der Waals surface area contributed by atoms with E-state index >= 15 is 0 Å². The van der Waals surface area contributed by atoms with Gasteiger partial charge in [0.2, 0.25) is 0 Å². The standard InChI is InChI=1S/C15H21NO3S/c17-20(18,13-7-2-1-3-8-13)19-15-10-6-12-16-11-5-4-9-14(15)16/h1-3,7-8,14-15H,4-6,9-12H2/p+1/t14-,15+/m0/s1. The second-order valence-corrected chi connectivity index (χ2v) is 7.38. The van der Waals surface area contributed by atoms with E-state index in [9.17, 15) is 8.42 Å². The molecule has 2 fully saturated rings. The molecule has 20 heavy (non-hydrogen) atoms. The Morgan fingerprint density at radius 2 is 1.75 bits per heavy atom. The van der Waals surface area contributed by atoms with Crippen LogP contribution in [0.1, 0.15) is 32.1 Å². The van der Waals surface area contributed by atoms with Crippen molar-refractivity contribution in [3.8, 4) is 0 Å². The average molecular weight is 296 g/mol. The van der Waals surface area contributed by atoms with Crippen LogP contribution in [-0.2, 0) is 14.3 Å². The number of benzene rings is 1. The molecular formula is C15H22NO3S+. The highest BCUT2D eigenvalue weighted by Gasteiger charge is 2.39. The van der Waals surface area contributed by atoms with Gasteiger partial charge in [0.1, 0.15) is 12.1 Å². The minimum Gasteiger partial charge on any atom is -0.330 e. The summed E-state index contributed by atoms with van der Waals surface area (Å²) < 4.78 is 30.3. The molecule has 3 rings (SSSR count). The molecule has 1 unspecified atom stereocenters. The van der Waals surface area contributed by atoms with Crippen LogP contribution in [0.5, 0.6) is 0 Å². The summed E-state index contributed by atoms with van der Waals surface area (Å²) in [4.78, 5) is 1.80. The Labute approximate surface area is 120 Å². The number of fused-ring (bicyclic) bond motifs is 1. The van der Waals surface area contributed by atoms with Crippen LogP contribution in [0.15, 0.2) is 35.2 Å². The van der Waals surface area contributed by atoms with Crippen molar-refractivity contribution in [2.45, 2.75) is 49.1 Å². The van der Waals surface area contributed by atoms with Crippen molar-refractivity contribution in [1.82, 2.24) is 0 Å². The summed E-state index contributed by atoms with van der Waals surface area (Å²) >= 11 is 0. The molecule has 1 aromatic carbocycles. The molecule has 4 nitrogen and oxygen atoms in total. The minimum atomic E-state index is -3.62. The van der Waals surface area contributed by atoms with E-state index in [0.29, 0.717) is 6.04 Å². The van der Waals surface area contributed by atoms with Gasteiger partial charge in [-0.15, -0.1) is 0 Å². The maximum Gasteiger partial charge on any atom is 0.297 e. The third-order valence-corrected chi connectivity index (χ3v) is 5.85. The molecule has 0 radical (unpaired) electrons. The second-order valence-electron chi connectivity index (χ2n) is 5.80. The minimum absolute atomic E-state index is 0.149. The normalized spacial score (nSPS) is 30.7. The predicted octanol–water partition coefficient (Wildman–Crippen LogP) is 0.992. The Kier molecular flexibility index (Phi) is 4.10. The Morgan fingerprint density at radius 3 is 2.55 bits per heavy atom. The van der Waals surface area contributed by atoms with Crippen LogP contribution in [0.2, 0.25) is 0 Å². The fourth-order valence-electron chi connectivity index (χ4n) is 3.52. The summed E-state index contributed by atoms with van der Waals surface area (Å²) in [7, 11) is -3.62. The van der Waals surface area contributed by atoms with Crippen LogP contribution in [-0.4, -0.2) is 33.7 Å². The molecule has 0 aliphatic carbocycles. The van der Waals surface area contributed by atoms with E-state index in [1.807, 2.05) is 6.07 Å². The molecule has 0 spiro atoms. The number of quaternary nitrogens is 1. The third-order valence-electron chi connectivity index (χ3n) is 4.50. The molecule has 2 aliphatic heterocycles. The summed E-state index contributed by atoms with van der Waals surface area (Å²) in [5, 5.41) is 0. The first kappa shape index (κ1) is 14.0. The van der Waals surface area contributed by atoms with Crippen molar-refractivity contribution in [3.63, 3.8) is 0 Å². The summed E-state index contributed by atoms with van der Waals surface area (Å²) in [6, 6.07) is 8.83. The Balaban J connectivity index is 1.76. The van der Waals surface area contributed by atoms with Crippen LogP contribution in [0.25, 0.3) is 0 Å². The van der Waals surface area contributed by atoms with Crippen LogP contribution < -0.4 is 4.90 Å². The summed E-state index contributed by atoms with van der Waals surface area (Å²) in [5.41, 5.74) is 0. The maximum atomic E-state index is 12.3. The highest BCUT2D eigenvalue weighted by atomic mass is 32.2. The first-order valence-electron chi connectivity index (χ1n) is 7.50.